The first-order chi connectivity index (χ1) is 32.8. The van der Waals surface area contributed by atoms with E-state index in [1.807, 2.05) is 66.7 Å². The fourth-order valence-corrected chi connectivity index (χ4v) is 11.5. The Bertz CT molecular complexity index is 2060. The lowest BCUT2D eigenvalue weighted by atomic mass is 9.56. The van der Waals surface area contributed by atoms with E-state index in [1.165, 1.54) is 58.3 Å². The van der Waals surface area contributed by atoms with Crippen molar-refractivity contribution in [2.75, 3.05) is 31.7 Å². The van der Waals surface area contributed by atoms with Crippen LogP contribution in [-0.4, -0.2) is 65.3 Å². The van der Waals surface area contributed by atoms with Gasteiger partial charge >= 0.3 is 6.09 Å². The van der Waals surface area contributed by atoms with Gasteiger partial charge in [-0.05, 0) is 97.5 Å². The Morgan fingerprint density at radius 1 is 0.881 bits per heavy atom. The van der Waals surface area contributed by atoms with E-state index in [2.05, 4.69) is 30.2 Å². The first-order valence-corrected chi connectivity index (χ1v) is 25.9. The summed E-state index contributed by atoms with van der Waals surface area (Å²) in [6.07, 6.45) is 21.0. The first kappa shape index (κ1) is 51.8. The summed E-state index contributed by atoms with van der Waals surface area (Å²) >= 11 is 1.64. The number of allylic oxidation sites excluding steroid dienone is 1. The molecule has 11 nitrogen and oxygen atoms in total. The molecule has 67 heavy (non-hydrogen) atoms. The number of unbranched alkanes of at least 4 members (excludes halogenated alkanes) is 11. The number of nitrogens with zero attached hydrogens (tertiary/aromatic N) is 1. The standard InChI is InChI=1S/C55H75N3O8S/c1-4-6-7-8-9-10-11-12-13-19-32-56-54(62)65-44-28-31-50-48(37-44)52-46(25-18-21-34-60)42(24-17-20-33-59)36-47-49(58-64-39-41-22-15-14-16-23-41)38-51(55(66-50,53(47)52)63-35-5-2)67-45-29-26-43(27-30-45)57-40(3)61/h5,14-16,22-23,26-31,36-37,42,46,51-53,59-60H,2,4,6-13,17-21,24-25,32-35,38-39H2,1,3H3,(H,56,62)(H,57,61)/t42-,46+,51-,52+,53+,55+/m0/s1. The minimum absolute atomic E-state index is 0.0842. The van der Waals surface area contributed by atoms with E-state index in [1.54, 1.807) is 23.9 Å². The van der Waals surface area contributed by atoms with Gasteiger partial charge in [0.1, 0.15) is 18.1 Å². The van der Waals surface area contributed by atoms with Gasteiger partial charge in [0.25, 0.3) is 0 Å². The Morgan fingerprint density at radius 3 is 2.27 bits per heavy atom. The number of ether oxygens (including phenoxy) is 3. The Balaban J connectivity index is 1.35. The number of amides is 2. The van der Waals surface area contributed by atoms with Gasteiger partial charge in [-0.2, -0.15) is 0 Å². The van der Waals surface area contributed by atoms with Crippen molar-refractivity contribution < 1.29 is 38.9 Å². The van der Waals surface area contributed by atoms with E-state index < -0.39 is 11.9 Å². The number of nitrogens with one attached hydrogen (secondary N) is 2. The van der Waals surface area contributed by atoms with Crippen molar-refractivity contribution in [2.24, 2.45) is 22.9 Å². The van der Waals surface area contributed by atoms with Crippen molar-refractivity contribution in [3.8, 4) is 11.5 Å². The highest BCUT2D eigenvalue weighted by Gasteiger charge is 2.64. The van der Waals surface area contributed by atoms with Gasteiger partial charge in [-0.15, -0.1) is 18.3 Å². The summed E-state index contributed by atoms with van der Waals surface area (Å²) in [5, 5.41) is 30.4. The van der Waals surface area contributed by atoms with Crippen LogP contribution in [-0.2, 0) is 21.0 Å². The minimum Gasteiger partial charge on any atom is -0.460 e. The van der Waals surface area contributed by atoms with Crippen LogP contribution in [0.2, 0.25) is 0 Å². The molecule has 4 N–H and O–H groups in total. The van der Waals surface area contributed by atoms with Gasteiger partial charge in [-0.25, -0.2) is 4.79 Å². The van der Waals surface area contributed by atoms with Crippen LogP contribution in [0, 0.1) is 17.8 Å². The Kier molecular flexibility index (Phi) is 21.2. The van der Waals surface area contributed by atoms with Crippen LogP contribution in [0.5, 0.6) is 11.5 Å². The van der Waals surface area contributed by atoms with Gasteiger partial charge in [-0.1, -0.05) is 125 Å². The molecule has 1 aliphatic heterocycles. The number of carbonyl (C=O) groups excluding carboxylic acids is 2. The first-order valence-electron chi connectivity index (χ1n) is 25.0. The quantitative estimate of drug-likeness (QED) is 0.0303. The average molecular weight is 938 g/mol. The number of benzene rings is 3. The summed E-state index contributed by atoms with van der Waals surface area (Å²) < 4.78 is 20.5. The van der Waals surface area contributed by atoms with Crippen molar-refractivity contribution in [3.63, 3.8) is 0 Å². The molecular formula is C55H75N3O8S. The van der Waals surface area contributed by atoms with Gasteiger partial charge in [0.15, 0.2) is 0 Å². The predicted octanol–water partition coefficient (Wildman–Crippen LogP) is 12.3. The summed E-state index contributed by atoms with van der Waals surface area (Å²) in [4.78, 5) is 32.4. The van der Waals surface area contributed by atoms with Gasteiger partial charge in [0.2, 0.25) is 11.7 Å². The topological polar surface area (TPSA) is 148 Å². The van der Waals surface area contributed by atoms with Gasteiger partial charge < -0.3 is 39.9 Å². The number of rotatable bonds is 29. The number of carbonyl (C=O) groups is 2. The molecule has 2 aliphatic carbocycles. The number of anilines is 1. The van der Waals surface area contributed by atoms with Crippen LogP contribution >= 0.6 is 11.8 Å². The number of oxime groups is 1. The van der Waals surface area contributed by atoms with Crippen LogP contribution in [0.25, 0.3) is 0 Å². The summed E-state index contributed by atoms with van der Waals surface area (Å²) in [5.74, 6) is -0.586. The fourth-order valence-electron chi connectivity index (χ4n) is 10.2. The van der Waals surface area contributed by atoms with E-state index in [4.69, 9.17) is 24.2 Å². The third-order valence-electron chi connectivity index (χ3n) is 13.3. The summed E-state index contributed by atoms with van der Waals surface area (Å²) in [6, 6.07) is 23.5. The molecule has 1 fully saturated rings. The second-order valence-electron chi connectivity index (χ2n) is 18.3. The number of hydrogen-bond donors (Lipinski definition) is 4. The molecule has 3 aliphatic rings. The molecule has 0 aromatic heterocycles. The van der Waals surface area contributed by atoms with Crippen LogP contribution in [0.1, 0.15) is 140 Å². The van der Waals surface area contributed by atoms with E-state index in [-0.39, 0.29) is 54.6 Å². The Labute approximate surface area is 403 Å². The molecule has 0 saturated heterocycles. The van der Waals surface area contributed by atoms with Crippen LogP contribution in [0.15, 0.2) is 107 Å². The molecule has 2 amide bonds. The third-order valence-corrected chi connectivity index (χ3v) is 14.7. The molecule has 0 bridgehead atoms. The second-order valence-corrected chi connectivity index (χ2v) is 19.6. The molecule has 0 unspecified atom stereocenters. The van der Waals surface area contributed by atoms with E-state index >= 15 is 0 Å². The molecule has 0 spiro atoms. The average Bonchev–Trinajstić information content (AvgIpc) is 3.33. The highest BCUT2D eigenvalue weighted by atomic mass is 32.2. The molecule has 364 valence electrons. The normalized spacial score (nSPS) is 22.2. The van der Waals surface area contributed by atoms with Crippen LogP contribution in [0.3, 0.4) is 0 Å². The van der Waals surface area contributed by atoms with Gasteiger partial charge in [-0.3, -0.25) is 4.79 Å². The zero-order chi connectivity index (χ0) is 47.3. The summed E-state index contributed by atoms with van der Waals surface area (Å²) in [5.41, 5.74) is 4.48. The summed E-state index contributed by atoms with van der Waals surface area (Å²) in [7, 11) is 0. The molecule has 6 atom stereocenters. The molecule has 0 radical (unpaired) electrons. The molecule has 1 heterocycles. The van der Waals surface area contributed by atoms with Crippen molar-refractivity contribution >= 4 is 35.2 Å². The number of thioether (sulfide) groups is 1. The zero-order valence-corrected chi connectivity index (χ0v) is 40.7. The van der Waals surface area contributed by atoms with E-state index in [0.29, 0.717) is 49.6 Å². The van der Waals surface area contributed by atoms with Crippen molar-refractivity contribution in [1.29, 1.82) is 0 Å². The van der Waals surface area contributed by atoms with E-state index in [9.17, 15) is 19.8 Å². The Morgan fingerprint density at radius 2 is 1.58 bits per heavy atom. The second kappa shape index (κ2) is 27.4. The number of aliphatic hydroxyl groups is 2. The fraction of sp³-hybridized carbons (Fsp3) is 0.545. The van der Waals surface area contributed by atoms with Crippen molar-refractivity contribution in [1.82, 2.24) is 5.32 Å². The molecule has 1 saturated carbocycles. The molecule has 12 heteroatoms. The smallest absolute Gasteiger partial charge is 0.412 e. The zero-order valence-electron chi connectivity index (χ0n) is 39.9. The maximum absolute atomic E-state index is 13.3. The van der Waals surface area contributed by atoms with Gasteiger partial charge in [0.05, 0.1) is 23.5 Å². The van der Waals surface area contributed by atoms with Crippen LogP contribution in [0.4, 0.5) is 10.5 Å². The number of fused-ring (bicyclic) bond motifs is 2. The number of aliphatic hydroxyl groups excluding tert-OH is 2. The lowest BCUT2D eigenvalue weighted by Crippen LogP contribution is -2.64. The lowest BCUT2D eigenvalue weighted by molar-refractivity contribution is -0.223. The highest BCUT2D eigenvalue weighted by Crippen LogP contribution is 2.63. The monoisotopic (exact) mass is 938 g/mol. The lowest BCUT2D eigenvalue weighted by Gasteiger charge is -2.58. The van der Waals surface area contributed by atoms with E-state index in [0.717, 1.165) is 65.8 Å². The summed E-state index contributed by atoms with van der Waals surface area (Å²) in [6.45, 7) is 9.11. The molecule has 3 aromatic carbocycles. The van der Waals surface area contributed by atoms with Crippen molar-refractivity contribution in [3.05, 3.63) is 108 Å². The SMILES string of the molecule is C=CCO[C@@]12Oc3ccc(OC(=O)NCCCCCCCCCCCC)cc3[C@H]3[C@H](CCCCO)[C@@H](CCCCO)C=C(C(=NOCc4ccccc4)C[C@@H]1Sc1ccc(NC(C)=O)cc1)[C@H]32. The molecular weight excluding hydrogens is 863 g/mol. The molecule has 3 aromatic rings. The predicted molar refractivity (Wildman–Crippen MR) is 269 cm³/mol. The van der Waals surface area contributed by atoms with Gasteiger partial charge in [0, 0.05) is 55.2 Å². The largest absolute Gasteiger partial charge is 0.460 e. The maximum Gasteiger partial charge on any atom is 0.412 e. The maximum atomic E-state index is 13.3. The molecule has 6 rings (SSSR count). The number of hydrogen-bond acceptors (Lipinski definition) is 10. The van der Waals surface area contributed by atoms with Crippen LogP contribution < -0.4 is 20.1 Å². The highest BCUT2D eigenvalue weighted by molar-refractivity contribution is 8.00. The van der Waals surface area contributed by atoms with Crippen molar-refractivity contribution in [2.45, 2.75) is 151 Å². The third kappa shape index (κ3) is 14.7. The Hall–Kier alpha value is -4.62. The minimum atomic E-state index is -1.20.